The van der Waals surface area contributed by atoms with Crippen LogP contribution in [0.1, 0.15) is 12.0 Å². The molecule has 88 valence electrons. The highest BCUT2D eigenvalue weighted by molar-refractivity contribution is 6.09. The van der Waals surface area contributed by atoms with Gasteiger partial charge in [0.05, 0.1) is 6.61 Å². The van der Waals surface area contributed by atoms with Crippen LogP contribution in [0.15, 0.2) is 24.3 Å². The van der Waals surface area contributed by atoms with Gasteiger partial charge in [0.15, 0.2) is 5.54 Å². The number of hydrogen-bond donors (Lipinski definition) is 1. The number of cyclic esters (lactones) is 1. The van der Waals surface area contributed by atoms with Crippen LogP contribution in [-0.4, -0.2) is 25.7 Å². The molecule has 17 heavy (non-hydrogen) atoms. The van der Waals surface area contributed by atoms with E-state index >= 15 is 0 Å². The van der Waals surface area contributed by atoms with Crippen molar-refractivity contribution in [2.45, 2.75) is 12.0 Å². The van der Waals surface area contributed by atoms with E-state index in [0.29, 0.717) is 6.42 Å². The van der Waals surface area contributed by atoms with E-state index in [2.05, 4.69) is 5.32 Å². The summed E-state index contributed by atoms with van der Waals surface area (Å²) in [7, 11) is 1.72. The van der Waals surface area contributed by atoms with Crippen molar-refractivity contribution in [1.29, 1.82) is 0 Å². The molecule has 1 aromatic carbocycles. The molecule has 1 saturated heterocycles. The molecule has 2 heterocycles. The number of nitrogens with one attached hydrogen (secondary N) is 1. The fourth-order valence-electron chi connectivity index (χ4n) is 2.57. The summed E-state index contributed by atoms with van der Waals surface area (Å²) < 4.78 is 4.84. The van der Waals surface area contributed by atoms with Crippen LogP contribution in [0.3, 0.4) is 0 Å². The standard InChI is InChI=1S/C12H12N2O3/c1-14-9-5-3-2-4-8(9)12(10(14)15)6-7-17-11(16)13-12/h2-5H,6-7H2,1H3,(H,13,16)/t12-/m0/s1. The van der Waals surface area contributed by atoms with E-state index < -0.39 is 11.6 Å². The van der Waals surface area contributed by atoms with Gasteiger partial charge in [-0.3, -0.25) is 4.79 Å². The van der Waals surface area contributed by atoms with E-state index in [1.165, 1.54) is 0 Å². The second-order valence-electron chi connectivity index (χ2n) is 4.30. The average molecular weight is 232 g/mol. The first-order valence-electron chi connectivity index (χ1n) is 5.48. The van der Waals surface area contributed by atoms with Crippen molar-refractivity contribution < 1.29 is 14.3 Å². The number of anilines is 1. The Morgan fingerprint density at radius 2 is 2.12 bits per heavy atom. The van der Waals surface area contributed by atoms with E-state index in [0.717, 1.165) is 11.3 Å². The third-order valence-electron chi connectivity index (χ3n) is 3.42. The number of carbonyl (C=O) groups excluding carboxylic acids is 2. The first kappa shape index (κ1) is 10.1. The summed E-state index contributed by atoms with van der Waals surface area (Å²) in [5.74, 6) is -0.102. The van der Waals surface area contributed by atoms with Crippen LogP contribution in [0.25, 0.3) is 0 Å². The smallest absolute Gasteiger partial charge is 0.408 e. The molecule has 2 aliphatic heterocycles. The largest absolute Gasteiger partial charge is 0.449 e. The minimum atomic E-state index is -0.930. The zero-order valence-corrected chi connectivity index (χ0v) is 9.40. The Kier molecular flexibility index (Phi) is 1.92. The van der Waals surface area contributed by atoms with Gasteiger partial charge in [0, 0.05) is 24.7 Å². The second-order valence-corrected chi connectivity index (χ2v) is 4.30. The van der Waals surface area contributed by atoms with E-state index in [4.69, 9.17) is 4.74 Å². The zero-order chi connectivity index (χ0) is 12.0. The van der Waals surface area contributed by atoms with Gasteiger partial charge in [0.1, 0.15) is 0 Å². The first-order valence-corrected chi connectivity index (χ1v) is 5.48. The topological polar surface area (TPSA) is 58.6 Å². The van der Waals surface area contributed by atoms with Gasteiger partial charge in [0.25, 0.3) is 5.91 Å². The van der Waals surface area contributed by atoms with Crippen molar-refractivity contribution in [3.8, 4) is 0 Å². The molecular weight excluding hydrogens is 220 g/mol. The number of para-hydroxylation sites is 1. The van der Waals surface area contributed by atoms with E-state index in [-0.39, 0.29) is 12.5 Å². The lowest BCUT2D eigenvalue weighted by molar-refractivity contribution is -0.125. The summed E-state index contributed by atoms with van der Waals surface area (Å²) in [6.45, 7) is 0.264. The van der Waals surface area contributed by atoms with E-state index in [9.17, 15) is 9.59 Å². The van der Waals surface area contributed by atoms with Crippen LogP contribution in [0.5, 0.6) is 0 Å². The fraction of sp³-hybridized carbons (Fsp3) is 0.333. The first-order chi connectivity index (χ1) is 8.15. The average Bonchev–Trinajstić information content (AvgIpc) is 2.54. The fourth-order valence-corrected chi connectivity index (χ4v) is 2.57. The van der Waals surface area contributed by atoms with Gasteiger partial charge in [-0.2, -0.15) is 0 Å². The summed E-state index contributed by atoms with van der Waals surface area (Å²) >= 11 is 0. The highest BCUT2D eigenvalue weighted by atomic mass is 16.6. The molecule has 1 N–H and O–H groups in total. The van der Waals surface area contributed by atoms with Gasteiger partial charge < -0.3 is 15.0 Å². The van der Waals surface area contributed by atoms with Crippen molar-refractivity contribution in [2.24, 2.45) is 0 Å². The Labute approximate surface area is 98.4 Å². The van der Waals surface area contributed by atoms with Crippen LogP contribution < -0.4 is 10.2 Å². The van der Waals surface area contributed by atoms with E-state index in [1.54, 1.807) is 11.9 Å². The maximum absolute atomic E-state index is 12.3. The normalized spacial score (nSPS) is 26.8. The van der Waals surface area contributed by atoms with Crippen molar-refractivity contribution in [3.05, 3.63) is 29.8 Å². The molecule has 0 bridgehead atoms. The molecular formula is C12H12N2O3. The van der Waals surface area contributed by atoms with Gasteiger partial charge >= 0.3 is 6.09 Å². The summed E-state index contributed by atoms with van der Waals surface area (Å²) in [5, 5.41) is 2.68. The molecule has 0 unspecified atom stereocenters. The SMILES string of the molecule is CN1C(=O)[C@]2(CCOC(=O)N2)c2ccccc21. The molecule has 2 amide bonds. The molecule has 5 nitrogen and oxygen atoms in total. The molecule has 0 aromatic heterocycles. The Hall–Kier alpha value is -2.04. The van der Waals surface area contributed by atoms with Gasteiger partial charge in [0.2, 0.25) is 0 Å². The van der Waals surface area contributed by atoms with Gasteiger partial charge in [-0.1, -0.05) is 18.2 Å². The molecule has 1 spiro atoms. The Bertz CT molecular complexity index is 514. The number of alkyl carbamates (subject to hydrolysis) is 1. The predicted molar refractivity (Wildman–Crippen MR) is 60.6 cm³/mol. The highest BCUT2D eigenvalue weighted by Crippen LogP contribution is 2.42. The van der Waals surface area contributed by atoms with Crippen LogP contribution in [0.4, 0.5) is 10.5 Å². The lowest BCUT2D eigenvalue weighted by Crippen LogP contribution is -2.56. The second kappa shape index (κ2) is 3.23. The number of amides is 2. The molecule has 5 heteroatoms. The Morgan fingerprint density at radius 1 is 1.35 bits per heavy atom. The summed E-state index contributed by atoms with van der Waals surface area (Å²) in [6.07, 6.45) is -0.0615. The number of rotatable bonds is 0. The van der Waals surface area contributed by atoms with Gasteiger partial charge in [-0.15, -0.1) is 0 Å². The minimum Gasteiger partial charge on any atom is -0.449 e. The molecule has 1 aromatic rings. The molecule has 0 saturated carbocycles. The van der Waals surface area contributed by atoms with Crippen LogP contribution in [0, 0.1) is 0 Å². The van der Waals surface area contributed by atoms with Crippen LogP contribution >= 0.6 is 0 Å². The number of carbonyl (C=O) groups is 2. The summed E-state index contributed by atoms with van der Waals surface area (Å²) in [5.41, 5.74) is 0.768. The maximum atomic E-state index is 12.3. The predicted octanol–water partition coefficient (Wildman–Crippen LogP) is 0.988. The number of ether oxygens (including phenoxy) is 1. The van der Waals surface area contributed by atoms with Gasteiger partial charge in [-0.25, -0.2) is 4.79 Å². The van der Waals surface area contributed by atoms with Crippen LogP contribution in [0.2, 0.25) is 0 Å². The number of fused-ring (bicyclic) bond motifs is 2. The third-order valence-corrected chi connectivity index (χ3v) is 3.42. The third kappa shape index (κ3) is 1.19. The van der Waals surface area contributed by atoms with Crippen molar-refractivity contribution in [1.82, 2.24) is 5.32 Å². The molecule has 1 fully saturated rings. The monoisotopic (exact) mass is 232 g/mol. The summed E-state index contributed by atoms with van der Waals surface area (Å²) in [6, 6.07) is 7.50. The molecule has 0 aliphatic carbocycles. The zero-order valence-electron chi connectivity index (χ0n) is 9.40. The molecule has 3 rings (SSSR count). The summed E-state index contributed by atoms with van der Waals surface area (Å²) in [4.78, 5) is 25.3. The van der Waals surface area contributed by atoms with Crippen molar-refractivity contribution in [2.75, 3.05) is 18.6 Å². The van der Waals surface area contributed by atoms with Gasteiger partial charge in [-0.05, 0) is 6.07 Å². The van der Waals surface area contributed by atoms with Crippen molar-refractivity contribution in [3.63, 3.8) is 0 Å². The molecule has 0 radical (unpaired) electrons. The Balaban J connectivity index is 2.17. The lowest BCUT2D eigenvalue weighted by atomic mass is 9.87. The number of hydrogen-bond acceptors (Lipinski definition) is 3. The van der Waals surface area contributed by atoms with Crippen LogP contribution in [-0.2, 0) is 15.1 Å². The van der Waals surface area contributed by atoms with Crippen molar-refractivity contribution >= 4 is 17.7 Å². The maximum Gasteiger partial charge on any atom is 0.408 e. The van der Waals surface area contributed by atoms with E-state index in [1.807, 2.05) is 24.3 Å². The number of nitrogens with zero attached hydrogens (tertiary/aromatic N) is 1. The quantitative estimate of drug-likeness (QED) is 0.725. The number of likely N-dealkylation sites (N-methyl/N-ethyl adjacent to an activating group) is 1. The minimum absolute atomic E-state index is 0.102. The molecule has 2 aliphatic rings. The lowest BCUT2D eigenvalue weighted by Gasteiger charge is -2.32. The Morgan fingerprint density at radius 3 is 2.88 bits per heavy atom. The molecule has 1 atom stereocenters. The highest BCUT2D eigenvalue weighted by Gasteiger charge is 2.52. The number of benzene rings is 1.